The van der Waals surface area contributed by atoms with E-state index in [2.05, 4.69) is 30.4 Å². The summed E-state index contributed by atoms with van der Waals surface area (Å²) in [5.74, 6) is 0.292. The summed E-state index contributed by atoms with van der Waals surface area (Å²) in [6.07, 6.45) is 3.36. The standard InChI is InChI=1S/C6H6BrN5S/c7-4-1-10-13-5(4)2-12-3-9-6(8)11-12/h1,3H,2H2,(H2,8,11). The Bertz CT molecular complexity index is 409. The topological polar surface area (TPSA) is 69.6 Å². The maximum Gasteiger partial charge on any atom is 0.239 e. The van der Waals surface area contributed by atoms with Gasteiger partial charge in [0.2, 0.25) is 5.95 Å². The molecule has 2 aromatic rings. The van der Waals surface area contributed by atoms with Crippen molar-refractivity contribution in [1.29, 1.82) is 0 Å². The van der Waals surface area contributed by atoms with Crippen LogP contribution in [0.4, 0.5) is 5.95 Å². The maximum absolute atomic E-state index is 5.38. The van der Waals surface area contributed by atoms with E-state index in [1.807, 2.05) is 0 Å². The first-order valence-corrected chi connectivity index (χ1v) is 5.06. The number of nitrogen functional groups attached to an aromatic ring is 1. The highest BCUT2D eigenvalue weighted by Crippen LogP contribution is 2.20. The van der Waals surface area contributed by atoms with Gasteiger partial charge in [0, 0.05) is 0 Å². The van der Waals surface area contributed by atoms with Crippen molar-refractivity contribution in [1.82, 2.24) is 19.1 Å². The molecule has 13 heavy (non-hydrogen) atoms. The van der Waals surface area contributed by atoms with Crippen molar-refractivity contribution >= 4 is 33.4 Å². The second-order valence-electron chi connectivity index (χ2n) is 2.40. The molecule has 0 saturated heterocycles. The first-order chi connectivity index (χ1) is 6.25. The number of anilines is 1. The highest BCUT2D eigenvalue weighted by Gasteiger charge is 2.04. The van der Waals surface area contributed by atoms with Gasteiger partial charge in [-0.15, -0.1) is 5.10 Å². The van der Waals surface area contributed by atoms with Gasteiger partial charge in [0.15, 0.2) is 0 Å². The zero-order chi connectivity index (χ0) is 9.26. The van der Waals surface area contributed by atoms with Crippen LogP contribution in [0.15, 0.2) is 17.0 Å². The van der Waals surface area contributed by atoms with Gasteiger partial charge in [0.25, 0.3) is 0 Å². The Morgan fingerprint density at radius 1 is 1.62 bits per heavy atom. The Balaban J connectivity index is 2.19. The molecule has 0 atom stereocenters. The molecule has 0 aromatic carbocycles. The van der Waals surface area contributed by atoms with Crippen molar-refractivity contribution in [3.63, 3.8) is 0 Å². The lowest BCUT2D eigenvalue weighted by atomic mass is 10.5. The molecule has 5 nitrogen and oxygen atoms in total. The number of hydrogen-bond donors (Lipinski definition) is 1. The van der Waals surface area contributed by atoms with Crippen LogP contribution in [0.5, 0.6) is 0 Å². The molecule has 0 aliphatic carbocycles. The lowest BCUT2D eigenvalue weighted by Gasteiger charge is -1.95. The predicted octanol–water partition coefficient (Wildman–Crippen LogP) is 1.13. The van der Waals surface area contributed by atoms with Crippen LogP contribution in [0.2, 0.25) is 0 Å². The van der Waals surface area contributed by atoms with Gasteiger partial charge in [-0.05, 0) is 27.5 Å². The van der Waals surface area contributed by atoms with Crippen LogP contribution in [0.25, 0.3) is 0 Å². The van der Waals surface area contributed by atoms with Crippen LogP contribution in [0, 0.1) is 0 Å². The van der Waals surface area contributed by atoms with E-state index in [0.29, 0.717) is 12.5 Å². The molecular formula is C6H6BrN5S. The minimum Gasteiger partial charge on any atom is -0.367 e. The molecule has 0 aliphatic heterocycles. The van der Waals surface area contributed by atoms with Crippen LogP contribution in [-0.4, -0.2) is 19.1 Å². The summed E-state index contributed by atoms with van der Waals surface area (Å²) < 4.78 is 6.69. The highest BCUT2D eigenvalue weighted by molar-refractivity contribution is 9.10. The van der Waals surface area contributed by atoms with Crippen molar-refractivity contribution in [2.75, 3.05) is 5.73 Å². The van der Waals surface area contributed by atoms with Gasteiger partial charge in [0.05, 0.1) is 22.1 Å². The van der Waals surface area contributed by atoms with E-state index in [-0.39, 0.29) is 0 Å². The number of halogens is 1. The van der Waals surface area contributed by atoms with Gasteiger partial charge in [0.1, 0.15) is 6.33 Å². The van der Waals surface area contributed by atoms with Gasteiger partial charge in [-0.3, -0.25) is 0 Å². The molecule has 0 bridgehead atoms. The van der Waals surface area contributed by atoms with Crippen molar-refractivity contribution in [3.05, 3.63) is 21.9 Å². The Morgan fingerprint density at radius 2 is 2.46 bits per heavy atom. The fourth-order valence-corrected chi connectivity index (χ4v) is 2.08. The third-order valence-electron chi connectivity index (χ3n) is 1.46. The molecule has 0 saturated carbocycles. The van der Waals surface area contributed by atoms with Gasteiger partial charge in [-0.2, -0.15) is 4.37 Å². The SMILES string of the molecule is Nc1ncn(Cc2sncc2Br)n1. The third-order valence-corrected chi connectivity index (χ3v) is 3.18. The predicted molar refractivity (Wildman–Crippen MR) is 53.4 cm³/mol. The largest absolute Gasteiger partial charge is 0.367 e. The second kappa shape index (κ2) is 3.43. The molecule has 2 rings (SSSR count). The molecule has 7 heteroatoms. The van der Waals surface area contributed by atoms with E-state index in [1.54, 1.807) is 17.2 Å². The lowest BCUT2D eigenvalue weighted by molar-refractivity contribution is 0.694. The van der Waals surface area contributed by atoms with Gasteiger partial charge in [-0.1, -0.05) is 0 Å². The summed E-state index contributed by atoms with van der Waals surface area (Å²) in [7, 11) is 0. The number of nitrogens with two attached hydrogens (primary N) is 1. The van der Waals surface area contributed by atoms with E-state index < -0.39 is 0 Å². The van der Waals surface area contributed by atoms with Gasteiger partial charge < -0.3 is 5.73 Å². The fraction of sp³-hybridized carbons (Fsp3) is 0.167. The minimum absolute atomic E-state index is 0.292. The van der Waals surface area contributed by atoms with E-state index in [9.17, 15) is 0 Å². The van der Waals surface area contributed by atoms with Crippen LogP contribution < -0.4 is 5.73 Å². The number of nitrogens with zero attached hydrogens (tertiary/aromatic N) is 4. The molecule has 0 amide bonds. The van der Waals surface area contributed by atoms with Crippen LogP contribution >= 0.6 is 27.5 Å². The zero-order valence-electron chi connectivity index (χ0n) is 6.51. The molecule has 2 N–H and O–H groups in total. The third kappa shape index (κ3) is 1.86. The van der Waals surface area contributed by atoms with Crippen molar-refractivity contribution in [2.45, 2.75) is 6.54 Å². The average Bonchev–Trinajstić information content (AvgIpc) is 2.64. The first-order valence-electron chi connectivity index (χ1n) is 3.49. The lowest BCUT2D eigenvalue weighted by Crippen LogP contribution is -1.99. The van der Waals surface area contributed by atoms with Crippen LogP contribution in [0.3, 0.4) is 0 Å². The van der Waals surface area contributed by atoms with Crippen molar-refractivity contribution in [3.8, 4) is 0 Å². The second-order valence-corrected chi connectivity index (χ2v) is 4.14. The Labute approximate surface area is 86.9 Å². The van der Waals surface area contributed by atoms with Crippen LogP contribution in [0.1, 0.15) is 4.88 Å². The minimum atomic E-state index is 0.292. The summed E-state index contributed by atoms with van der Waals surface area (Å²) in [4.78, 5) is 4.93. The van der Waals surface area contributed by atoms with Crippen LogP contribution in [-0.2, 0) is 6.54 Å². The smallest absolute Gasteiger partial charge is 0.239 e. The monoisotopic (exact) mass is 259 g/mol. The van der Waals surface area contributed by atoms with Crippen molar-refractivity contribution in [2.24, 2.45) is 0 Å². The van der Waals surface area contributed by atoms with Crippen molar-refractivity contribution < 1.29 is 0 Å². The molecule has 2 heterocycles. The summed E-state index contributed by atoms with van der Waals surface area (Å²) in [5.41, 5.74) is 5.38. The van der Waals surface area contributed by atoms with E-state index in [1.165, 1.54) is 11.5 Å². The summed E-state index contributed by atoms with van der Waals surface area (Å²) in [5, 5.41) is 3.97. The Kier molecular flexibility index (Phi) is 2.28. The number of aromatic nitrogens is 4. The number of hydrogen-bond acceptors (Lipinski definition) is 5. The molecule has 68 valence electrons. The highest BCUT2D eigenvalue weighted by atomic mass is 79.9. The molecule has 2 aromatic heterocycles. The van der Waals surface area contributed by atoms with E-state index in [4.69, 9.17) is 5.73 Å². The quantitative estimate of drug-likeness (QED) is 0.878. The number of rotatable bonds is 2. The molecule has 0 aliphatic rings. The Hall–Kier alpha value is -0.950. The summed E-state index contributed by atoms with van der Waals surface area (Å²) in [6, 6.07) is 0. The first kappa shape index (κ1) is 8.64. The summed E-state index contributed by atoms with van der Waals surface area (Å²) in [6.45, 7) is 0.648. The molecule has 0 unspecified atom stereocenters. The molecule has 0 radical (unpaired) electrons. The summed E-state index contributed by atoms with van der Waals surface area (Å²) >= 11 is 4.81. The molecular weight excluding hydrogens is 254 g/mol. The molecule has 0 fully saturated rings. The average molecular weight is 260 g/mol. The van der Waals surface area contributed by atoms with E-state index >= 15 is 0 Å². The normalized spacial score (nSPS) is 10.5. The Morgan fingerprint density at radius 3 is 3.00 bits per heavy atom. The van der Waals surface area contributed by atoms with E-state index in [0.717, 1.165) is 9.35 Å². The van der Waals surface area contributed by atoms with Gasteiger partial charge in [-0.25, -0.2) is 9.67 Å². The maximum atomic E-state index is 5.38. The fourth-order valence-electron chi connectivity index (χ4n) is 0.889. The molecule has 0 spiro atoms. The van der Waals surface area contributed by atoms with Gasteiger partial charge >= 0.3 is 0 Å². The zero-order valence-corrected chi connectivity index (χ0v) is 8.92.